The smallest absolute Gasteiger partial charge is 0.238 e. The number of ether oxygens (including phenoxy) is 2. The molecular weight excluding hydrogens is 366 g/mol. The monoisotopic (exact) mass is 401 g/mol. The van der Waals surface area contributed by atoms with Crippen LogP contribution in [-0.2, 0) is 6.42 Å². The number of aromatic nitrogens is 1. The van der Waals surface area contributed by atoms with Crippen molar-refractivity contribution in [2.24, 2.45) is 0 Å². The number of allylic oxidation sites excluding steroid dienone is 6. The van der Waals surface area contributed by atoms with Gasteiger partial charge in [-0.3, -0.25) is 4.79 Å². The van der Waals surface area contributed by atoms with Crippen LogP contribution in [0.25, 0.3) is 0 Å². The number of pyridine rings is 1. The summed E-state index contributed by atoms with van der Waals surface area (Å²) in [6.07, 6.45) is 11.9. The minimum Gasteiger partial charge on any atom is -0.488 e. The Morgan fingerprint density at radius 3 is 2.45 bits per heavy atom. The van der Waals surface area contributed by atoms with Gasteiger partial charge in [-0.2, -0.15) is 0 Å². The minimum atomic E-state index is -0.420. The number of aromatic amines is 1. The molecule has 29 heavy (non-hydrogen) atoms. The molecule has 0 bridgehead atoms. The maximum atomic E-state index is 12.4. The van der Waals surface area contributed by atoms with Crippen LogP contribution >= 0.6 is 0 Å². The number of nitrogens with one attached hydrogen (secondary N) is 1. The van der Waals surface area contributed by atoms with Crippen molar-refractivity contribution >= 4 is 0 Å². The van der Waals surface area contributed by atoms with E-state index >= 15 is 0 Å². The van der Waals surface area contributed by atoms with Crippen molar-refractivity contribution in [1.82, 2.24) is 4.98 Å². The first-order chi connectivity index (χ1) is 13.7. The summed E-state index contributed by atoms with van der Waals surface area (Å²) in [4.78, 5) is 15.5. The van der Waals surface area contributed by atoms with Crippen molar-refractivity contribution in [3.63, 3.8) is 0 Å². The first-order valence-corrected chi connectivity index (χ1v) is 9.88. The maximum Gasteiger partial charge on any atom is 0.238 e. The van der Waals surface area contributed by atoms with Gasteiger partial charge in [0.1, 0.15) is 0 Å². The molecule has 0 fully saturated rings. The summed E-state index contributed by atoms with van der Waals surface area (Å²) in [7, 11) is 2.97. The lowest BCUT2D eigenvalue weighted by molar-refractivity contribution is 0.214. The Labute approximate surface area is 174 Å². The van der Waals surface area contributed by atoms with Crippen LogP contribution in [0.2, 0.25) is 0 Å². The van der Waals surface area contributed by atoms with Crippen LogP contribution < -0.4 is 14.9 Å². The van der Waals surface area contributed by atoms with Crippen LogP contribution in [0.5, 0.6) is 11.6 Å². The fourth-order valence-electron chi connectivity index (χ4n) is 2.77. The van der Waals surface area contributed by atoms with Crippen LogP contribution in [0.1, 0.15) is 51.8 Å². The highest BCUT2D eigenvalue weighted by Crippen LogP contribution is 2.22. The Kier molecular flexibility index (Phi) is 10.2. The molecule has 1 heterocycles. The SMILES string of the molecule is C/C=C(\C)[C@H](O)C/C=C(C)/C=C/C/C(C)=C/Cc1[nH]c(OC)c(OC)c(=O)c1C. The van der Waals surface area contributed by atoms with Gasteiger partial charge >= 0.3 is 0 Å². The highest BCUT2D eigenvalue weighted by atomic mass is 16.5. The topological polar surface area (TPSA) is 71.6 Å². The first kappa shape index (κ1) is 24.5. The van der Waals surface area contributed by atoms with Gasteiger partial charge in [-0.25, -0.2) is 0 Å². The van der Waals surface area contributed by atoms with Crippen LogP contribution in [-0.4, -0.2) is 30.4 Å². The van der Waals surface area contributed by atoms with Gasteiger partial charge in [0.25, 0.3) is 0 Å². The third-order valence-electron chi connectivity index (χ3n) is 5.00. The zero-order valence-electron chi connectivity index (χ0n) is 18.8. The largest absolute Gasteiger partial charge is 0.488 e. The Hall–Kier alpha value is -2.53. The zero-order chi connectivity index (χ0) is 22.0. The van der Waals surface area contributed by atoms with E-state index in [-0.39, 0.29) is 11.2 Å². The molecule has 1 aromatic rings. The van der Waals surface area contributed by atoms with Crippen LogP contribution in [0.15, 0.2) is 51.9 Å². The molecule has 0 aromatic carbocycles. The van der Waals surface area contributed by atoms with E-state index in [0.29, 0.717) is 24.3 Å². The van der Waals surface area contributed by atoms with E-state index in [1.54, 1.807) is 6.92 Å². The van der Waals surface area contributed by atoms with Crippen LogP contribution in [0, 0.1) is 6.92 Å². The maximum absolute atomic E-state index is 12.4. The highest BCUT2D eigenvalue weighted by molar-refractivity contribution is 5.40. The highest BCUT2D eigenvalue weighted by Gasteiger charge is 2.14. The second-order valence-electron chi connectivity index (χ2n) is 7.22. The van der Waals surface area contributed by atoms with E-state index in [0.717, 1.165) is 23.3 Å². The van der Waals surface area contributed by atoms with E-state index in [1.807, 2.05) is 32.9 Å². The molecule has 160 valence electrons. The standard InChI is InChI=1S/C24H35NO4/c1-8-18(4)21(26)15-13-17(3)11-9-10-16(2)12-14-20-19(5)22(27)23(28-6)24(25-20)29-7/h8-9,11-13,21,26H,10,14-15H2,1-7H3,(H,25,27)/b11-9+,16-12+,17-13+,18-8+/t21-/m1/s1. The molecule has 0 saturated carbocycles. The lowest BCUT2D eigenvalue weighted by Gasteiger charge is -2.11. The fraction of sp³-hybridized carbons (Fsp3) is 0.458. The molecule has 0 saturated heterocycles. The molecule has 1 atom stereocenters. The van der Waals surface area contributed by atoms with Gasteiger partial charge in [0, 0.05) is 17.7 Å². The number of hydrogen-bond donors (Lipinski definition) is 2. The summed E-state index contributed by atoms with van der Waals surface area (Å²) >= 11 is 0. The molecule has 0 unspecified atom stereocenters. The lowest BCUT2D eigenvalue weighted by Crippen LogP contribution is -2.15. The Bertz CT molecular complexity index is 856. The molecule has 2 N–H and O–H groups in total. The quantitative estimate of drug-likeness (QED) is 0.436. The number of rotatable bonds is 10. The molecular formula is C24H35NO4. The Morgan fingerprint density at radius 2 is 1.86 bits per heavy atom. The molecule has 5 heteroatoms. The van der Waals surface area contributed by atoms with Crippen LogP contribution in [0.3, 0.4) is 0 Å². The van der Waals surface area contributed by atoms with Crippen LogP contribution in [0.4, 0.5) is 0 Å². The number of methoxy groups -OCH3 is 2. The van der Waals surface area contributed by atoms with Crippen molar-refractivity contribution in [3.05, 3.63) is 68.6 Å². The Balaban J connectivity index is 2.75. The predicted octanol–water partition coefficient (Wildman–Crippen LogP) is 4.80. The lowest BCUT2D eigenvalue weighted by atomic mass is 10.1. The van der Waals surface area contributed by atoms with E-state index < -0.39 is 6.10 Å². The average molecular weight is 402 g/mol. The Morgan fingerprint density at radius 1 is 1.17 bits per heavy atom. The summed E-state index contributed by atoms with van der Waals surface area (Å²) in [5.74, 6) is 0.550. The van der Waals surface area contributed by atoms with Crippen molar-refractivity contribution in [2.75, 3.05) is 14.2 Å². The number of hydrogen-bond acceptors (Lipinski definition) is 4. The van der Waals surface area contributed by atoms with Crippen molar-refractivity contribution < 1.29 is 14.6 Å². The first-order valence-electron chi connectivity index (χ1n) is 9.88. The second kappa shape index (κ2) is 12.1. The van der Waals surface area contributed by atoms with Crippen molar-refractivity contribution in [3.8, 4) is 11.6 Å². The molecule has 0 aliphatic rings. The fourth-order valence-corrected chi connectivity index (χ4v) is 2.77. The van der Waals surface area contributed by atoms with Gasteiger partial charge in [-0.1, -0.05) is 41.5 Å². The normalized spacial score (nSPS) is 14.4. The van der Waals surface area contributed by atoms with E-state index in [2.05, 4.69) is 30.1 Å². The number of aliphatic hydroxyl groups excluding tert-OH is 1. The van der Waals surface area contributed by atoms with Crippen molar-refractivity contribution in [2.45, 2.75) is 60.0 Å². The molecule has 0 aliphatic carbocycles. The molecule has 0 aliphatic heterocycles. The number of H-pyrrole nitrogens is 1. The van der Waals surface area contributed by atoms with E-state index in [4.69, 9.17) is 9.47 Å². The van der Waals surface area contributed by atoms with Gasteiger partial charge in [-0.15, -0.1) is 0 Å². The summed E-state index contributed by atoms with van der Waals surface area (Å²) < 4.78 is 10.4. The third-order valence-corrected chi connectivity index (χ3v) is 5.00. The summed E-state index contributed by atoms with van der Waals surface area (Å²) in [5.41, 5.74) is 4.62. The summed E-state index contributed by atoms with van der Waals surface area (Å²) in [5, 5.41) is 9.98. The van der Waals surface area contributed by atoms with Gasteiger partial charge in [0.2, 0.25) is 17.1 Å². The third kappa shape index (κ3) is 7.42. The molecule has 0 amide bonds. The number of aliphatic hydroxyl groups is 1. The van der Waals surface area contributed by atoms with E-state index in [1.165, 1.54) is 19.8 Å². The van der Waals surface area contributed by atoms with Gasteiger partial charge < -0.3 is 19.6 Å². The summed E-state index contributed by atoms with van der Waals surface area (Å²) in [6, 6.07) is 0. The van der Waals surface area contributed by atoms with Gasteiger partial charge in [0.15, 0.2) is 0 Å². The molecule has 5 nitrogen and oxygen atoms in total. The predicted molar refractivity (Wildman–Crippen MR) is 120 cm³/mol. The molecule has 1 rings (SSSR count). The van der Waals surface area contributed by atoms with Gasteiger partial charge in [-0.05, 0) is 53.0 Å². The van der Waals surface area contributed by atoms with Crippen molar-refractivity contribution in [1.29, 1.82) is 0 Å². The zero-order valence-corrected chi connectivity index (χ0v) is 18.8. The second-order valence-corrected chi connectivity index (χ2v) is 7.22. The van der Waals surface area contributed by atoms with E-state index in [9.17, 15) is 9.90 Å². The summed E-state index contributed by atoms with van der Waals surface area (Å²) in [6.45, 7) is 9.76. The molecule has 1 aromatic heterocycles. The molecule has 0 spiro atoms. The average Bonchev–Trinajstić information content (AvgIpc) is 2.72. The van der Waals surface area contributed by atoms with Gasteiger partial charge in [0.05, 0.1) is 20.3 Å². The minimum absolute atomic E-state index is 0.153. The molecule has 0 radical (unpaired) electrons.